The standard InChI is InChI=1S/C21H32NO5P/c1-3-4-5-6-7-8-11-16-28(25,26)27-17(2)14-15-22-20(23)18-12-9-10-13-19(18)21(22)24/h9-10,12-13,17H,3-8,11,14-16H2,1-2H3,(H,25,26). The molecule has 2 unspecified atom stereocenters. The predicted octanol–water partition coefficient (Wildman–Crippen LogP) is 5.01. The third kappa shape index (κ3) is 6.54. The minimum Gasteiger partial charge on any atom is -0.324 e. The van der Waals surface area contributed by atoms with Crippen molar-refractivity contribution >= 4 is 19.4 Å². The van der Waals surface area contributed by atoms with E-state index >= 15 is 0 Å². The molecule has 6 nitrogen and oxygen atoms in total. The van der Waals surface area contributed by atoms with Gasteiger partial charge < -0.3 is 9.42 Å². The van der Waals surface area contributed by atoms with Crippen molar-refractivity contribution in [3.8, 4) is 0 Å². The van der Waals surface area contributed by atoms with E-state index in [1.807, 2.05) is 0 Å². The van der Waals surface area contributed by atoms with Crippen LogP contribution in [0, 0.1) is 0 Å². The highest BCUT2D eigenvalue weighted by Gasteiger charge is 2.35. The first kappa shape index (κ1) is 22.8. The fourth-order valence-corrected chi connectivity index (χ4v) is 4.80. The molecule has 2 rings (SSSR count). The van der Waals surface area contributed by atoms with Gasteiger partial charge >= 0.3 is 7.60 Å². The van der Waals surface area contributed by atoms with Crippen LogP contribution in [0.5, 0.6) is 0 Å². The summed E-state index contributed by atoms with van der Waals surface area (Å²) in [5, 5.41) is 0. The summed E-state index contributed by atoms with van der Waals surface area (Å²) in [6.07, 6.45) is 7.49. The van der Waals surface area contributed by atoms with Crippen LogP contribution in [0.1, 0.15) is 85.9 Å². The normalized spacial score (nSPS) is 16.9. The third-order valence-electron chi connectivity index (χ3n) is 5.03. The van der Waals surface area contributed by atoms with Gasteiger partial charge in [0.1, 0.15) is 0 Å². The van der Waals surface area contributed by atoms with Crippen molar-refractivity contribution < 1.29 is 23.6 Å². The molecule has 0 aliphatic carbocycles. The van der Waals surface area contributed by atoms with Crippen LogP contribution in [-0.4, -0.2) is 40.4 Å². The van der Waals surface area contributed by atoms with Crippen molar-refractivity contribution in [3.05, 3.63) is 35.4 Å². The Kier molecular flexibility index (Phi) is 8.87. The highest BCUT2D eigenvalue weighted by molar-refractivity contribution is 7.52. The number of rotatable bonds is 13. The average molecular weight is 409 g/mol. The van der Waals surface area contributed by atoms with Crippen LogP contribution < -0.4 is 0 Å². The van der Waals surface area contributed by atoms with Gasteiger partial charge in [0.15, 0.2) is 0 Å². The summed E-state index contributed by atoms with van der Waals surface area (Å²) < 4.78 is 17.6. The molecule has 1 aliphatic rings. The number of nitrogens with zero attached hydrogens (tertiary/aromatic N) is 1. The first-order valence-electron chi connectivity index (χ1n) is 10.3. The van der Waals surface area contributed by atoms with Crippen molar-refractivity contribution in [2.24, 2.45) is 0 Å². The first-order valence-corrected chi connectivity index (χ1v) is 12.1. The zero-order valence-electron chi connectivity index (χ0n) is 16.9. The summed E-state index contributed by atoms with van der Waals surface area (Å²) in [7, 11) is -3.65. The minimum absolute atomic E-state index is 0.151. The molecule has 0 fully saturated rings. The average Bonchev–Trinajstić information content (AvgIpc) is 2.90. The highest BCUT2D eigenvalue weighted by atomic mass is 31.2. The Morgan fingerprint density at radius 1 is 1.00 bits per heavy atom. The van der Waals surface area contributed by atoms with E-state index in [0.717, 1.165) is 12.8 Å². The molecule has 0 bridgehead atoms. The van der Waals surface area contributed by atoms with Crippen molar-refractivity contribution in [1.29, 1.82) is 0 Å². The van der Waals surface area contributed by atoms with E-state index in [1.165, 1.54) is 30.6 Å². The lowest BCUT2D eigenvalue weighted by molar-refractivity contribution is 0.0633. The van der Waals surface area contributed by atoms with E-state index in [1.54, 1.807) is 31.2 Å². The number of amides is 2. The summed E-state index contributed by atoms with van der Waals surface area (Å²) in [5.74, 6) is -0.633. The molecular formula is C21H32NO5P. The fourth-order valence-electron chi connectivity index (χ4n) is 3.41. The molecule has 0 radical (unpaired) electrons. The Morgan fingerprint density at radius 3 is 2.11 bits per heavy atom. The van der Waals surface area contributed by atoms with Gasteiger partial charge in [-0.25, -0.2) is 0 Å². The molecule has 2 amide bonds. The molecule has 1 N–H and O–H groups in total. The van der Waals surface area contributed by atoms with Crippen molar-refractivity contribution in [3.63, 3.8) is 0 Å². The Balaban J connectivity index is 1.70. The number of unbranched alkanes of at least 4 members (excludes halogenated alkanes) is 6. The number of benzene rings is 1. The SMILES string of the molecule is CCCCCCCCCP(=O)(O)OC(C)CCN1C(=O)c2ccccc2C1=O. The maximum atomic E-state index is 12.3. The molecule has 1 aromatic carbocycles. The second kappa shape index (κ2) is 10.9. The largest absolute Gasteiger partial charge is 0.328 e. The maximum absolute atomic E-state index is 12.3. The Hall–Kier alpha value is -1.49. The third-order valence-corrected chi connectivity index (χ3v) is 6.60. The Labute approximate surface area is 167 Å². The summed E-state index contributed by atoms with van der Waals surface area (Å²) in [5.41, 5.74) is 0.820. The Morgan fingerprint density at radius 2 is 1.54 bits per heavy atom. The van der Waals surface area contributed by atoms with Gasteiger partial charge in [0.2, 0.25) is 0 Å². The summed E-state index contributed by atoms with van der Waals surface area (Å²) in [4.78, 5) is 35.9. The zero-order chi connectivity index (χ0) is 20.6. The maximum Gasteiger partial charge on any atom is 0.328 e. The predicted molar refractivity (Wildman–Crippen MR) is 110 cm³/mol. The van der Waals surface area contributed by atoms with E-state index in [0.29, 0.717) is 24.0 Å². The van der Waals surface area contributed by atoms with Gasteiger partial charge in [-0.1, -0.05) is 57.6 Å². The molecule has 2 atom stereocenters. The summed E-state index contributed by atoms with van der Waals surface area (Å²) >= 11 is 0. The number of carbonyl (C=O) groups is 2. The zero-order valence-corrected chi connectivity index (χ0v) is 17.8. The molecule has 1 aliphatic heterocycles. The smallest absolute Gasteiger partial charge is 0.324 e. The van der Waals surface area contributed by atoms with Crippen LogP contribution in [0.2, 0.25) is 0 Å². The summed E-state index contributed by atoms with van der Waals surface area (Å²) in [6, 6.07) is 6.73. The molecule has 0 saturated carbocycles. The van der Waals surface area contributed by atoms with Crippen LogP contribution in [-0.2, 0) is 9.09 Å². The van der Waals surface area contributed by atoms with Crippen LogP contribution in [0.3, 0.4) is 0 Å². The van der Waals surface area contributed by atoms with Crippen LogP contribution in [0.4, 0.5) is 0 Å². The second-order valence-corrected chi connectivity index (χ2v) is 9.43. The van der Waals surface area contributed by atoms with Gasteiger partial charge in [-0.15, -0.1) is 0 Å². The number of hydrogen-bond acceptors (Lipinski definition) is 4. The first-order chi connectivity index (χ1) is 13.4. The van der Waals surface area contributed by atoms with Crippen molar-refractivity contribution in [1.82, 2.24) is 4.90 Å². The van der Waals surface area contributed by atoms with Gasteiger partial charge in [-0.3, -0.25) is 19.1 Å². The number of hydrogen-bond donors (Lipinski definition) is 1. The molecule has 0 saturated heterocycles. The minimum atomic E-state index is -3.65. The van der Waals surface area contributed by atoms with Gasteiger partial charge in [-0.2, -0.15) is 0 Å². The molecule has 1 aromatic rings. The quantitative estimate of drug-likeness (QED) is 0.281. The van der Waals surface area contributed by atoms with E-state index < -0.39 is 13.7 Å². The number of carbonyl (C=O) groups excluding carboxylic acids is 2. The highest BCUT2D eigenvalue weighted by Crippen LogP contribution is 2.44. The number of imide groups is 1. The number of fused-ring (bicyclic) bond motifs is 1. The van der Waals surface area contributed by atoms with E-state index in [2.05, 4.69) is 6.92 Å². The molecule has 0 spiro atoms. The monoisotopic (exact) mass is 409 g/mol. The lowest BCUT2D eigenvalue weighted by atomic mass is 10.1. The molecular weight excluding hydrogens is 377 g/mol. The van der Waals surface area contributed by atoms with Gasteiger partial charge in [0.05, 0.1) is 17.2 Å². The summed E-state index contributed by atoms with van der Waals surface area (Å²) in [6.45, 7) is 4.05. The van der Waals surface area contributed by atoms with E-state index in [-0.39, 0.29) is 24.5 Å². The van der Waals surface area contributed by atoms with Crippen molar-refractivity contribution in [2.45, 2.75) is 71.3 Å². The topological polar surface area (TPSA) is 83.9 Å². The fraction of sp³-hybridized carbons (Fsp3) is 0.619. The van der Waals surface area contributed by atoms with Crippen LogP contribution in [0.25, 0.3) is 0 Å². The van der Waals surface area contributed by atoms with E-state index in [4.69, 9.17) is 4.52 Å². The van der Waals surface area contributed by atoms with E-state index in [9.17, 15) is 19.0 Å². The lowest BCUT2D eigenvalue weighted by Crippen LogP contribution is -2.32. The van der Waals surface area contributed by atoms with Gasteiger partial charge in [0, 0.05) is 12.7 Å². The Bertz CT molecular complexity index is 686. The van der Waals surface area contributed by atoms with Crippen LogP contribution >= 0.6 is 7.60 Å². The molecule has 1 heterocycles. The molecule has 156 valence electrons. The molecule has 0 aromatic heterocycles. The second-order valence-electron chi connectivity index (χ2n) is 7.49. The van der Waals surface area contributed by atoms with Crippen LogP contribution in [0.15, 0.2) is 24.3 Å². The molecule has 7 heteroatoms. The van der Waals surface area contributed by atoms with Crippen molar-refractivity contribution in [2.75, 3.05) is 12.7 Å². The van der Waals surface area contributed by atoms with Gasteiger partial charge in [0.25, 0.3) is 11.8 Å². The van der Waals surface area contributed by atoms with Gasteiger partial charge in [-0.05, 0) is 31.9 Å². The lowest BCUT2D eigenvalue weighted by Gasteiger charge is -2.20. The molecule has 28 heavy (non-hydrogen) atoms.